The summed E-state index contributed by atoms with van der Waals surface area (Å²) >= 11 is 0. The Hall–Kier alpha value is -3.68. The highest BCUT2D eigenvalue weighted by atomic mass is 19.1. The van der Waals surface area contributed by atoms with Crippen molar-refractivity contribution in [3.8, 4) is 11.8 Å². The van der Waals surface area contributed by atoms with Crippen molar-refractivity contribution < 1.29 is 13.9 Å². The van der Waals surface area contributed by atoms with Crippen LogP contribution < -0.4 is 0 Å². The molecule has 0 spiro atoms. The van der Waals surface area contributed by atoms with E-state index in [0.717, 1.165) is 42.6 Å². The van der Waals surface area contributed by atoms with Crippen LogP contribution in [0.2, 0.25) is 0 Å². The molecule has 0 N–H and O–H groups in total. The van der Waals surface area contributed by atoms with E-state index >= 15 is 0 Å². The van der Waals surface area contributed by atoms with Crippen molar-refractivity contribution in [1.29, 1.82) is 5.26 Å². The summed E-state index contributed by atoms with van der Waals surface area (Å²) in [5.74, 6) is -0.451. The van der Waals surface area contributed by atoms with E-state index in [9.17, 15) is 14.4 Å². The Morgan fingerprint density at radius 1 is 1.19 bits per heavy atom. The summed E-state index contributed by atoms with van der Waals surface area (Å²) in [5, 5.41) is 20.7. The van der Waals surface area contributed by atoms with Crippen LogP contribution in [0.15, 0.2) is 36.7 Å². The van der Waals surface area contributed by atoms with Gasteiger partial charge in [-0.15, -0.1) is 5.10 Å². The molecule has 190 valence electrons. The van der Waals surface area contributed by atoms with Gasteiger partial charge in [0.05, 0.1) is 35.9 Å². The van der Waals surface area contributed by atoms with Gasteiger partial charge in [-0.3, -0.25) is 9.69 Å². The molecule has 1 amide bonds. The number of ether oxygens (including phenoxy) is 1. The van der Waals surface area contributed by atoms with Crippen LogP contribution in [0, 0.1) is 24.1 Å². The van der Waals surface area contributed by atoms with Crippen molar-refractivity contribution in [3.63, 3.8) is 0 Å². The van der Waals surface area contributed by atoms with Crippen LogP contribution in [0.3, 0.4) is 0 Å². The van der Waals surface area contributed by atoms with E-state index in [1.54, 1.807) is 24.0 Å². The average Bonchev–Trinajstić information content (AvgIpc) is 3.47. The first kappa shape index (κ1) is 23.7. The topological polar surface area (TPSA) is 100 Å². The zero-order valence-electron chi connectivity index (χ0n) is 20.7. The number of fused-ring (bicyclic) bond motifs is 2. The molecule has 3 aromatic rings. The van der Waals surface area contributed by atoms with Crippen molar-refractivity contribution >= 4 is 5.91 Å². The highest BCUT2D eigenvalue weighted by Crippen LogP contribution is 2.36. The van der Waals surface area contributed by atoms with Gasteiger partial charge in [-0.2, -0.15) is 5.26 Å². The number of piperazine rings is 1. The number of carbonyl (C=O) groups excluding carboxylic acids is 1. The number of aryl methyl sites for hydroxylation is 1. The van der Waals surface area contributed by atoms with E-state index in [0.29, 0.717) is 31.8 Å². The fraction of sp³-hybridized carbons (Fsp3) is 0.444. The predicted octanol–water partition coefficient (Wildman–Crippen LogP) is 2.69. The summed E-state index contributed by atoms with van der Waals surface area (Å²) in [6, 6.07) is 11.3. The van der Waals surface area contributed by atoms with Gasteiger partial charge in [-0.1, -0.05) is 12.1 Å². The lowest BCUT2D eigenvalue weighted by Crippen LogP contribution is -2.60. The second kappa shape index (κ2) is 9.65. The first-order valence-electron chi connectivity index (χ1n) is 12.7. The number of carbonyl (C=O) groups is 1. The molecule has 6 rings (SSSR count). The predicted molar refractivity (Wildman–Crippen MR) is 131 cm³/mol. The van der Waals surface area contributed by atoms with Gasteiger partial charge in [-0.25, -0.2) is 9.07 Å². The van der Waals surface area contributed by atoms with Gasteiger partial charge < -0.3 is 9.64 Å². The standard InChI is InChI=1S/C27H28FN7O2/c1-17-21(7-8-25(28)24(17)12-29)26-14-33-9-10-34(13-20(33)15-37-26)27(36)23-4-2-3-18-11-19(5-6-22(18)23)35-16-30-31-32-35/h5-8,11,16,20,23,26H,2-4,9-10,13-15H2,1H3/t20-,23?,26+/m1/s1. The molecule has 0 radical (unpaired) electrons. The quantitative estimate of drug-likeness (QED) is 0.544. The number of tetrazole rings is 1. The van der Waals surface area contributed by atoms with Crippen molar-refractivity contribution in [3.05, 3.63) is 70.3 Å². The third kappa shape index (κ3) is 4.28. The molecule has 3 aliphatic rings. The van der Waals surface area contributed by atoms with Crippen LogP contribution in [0.5, 0.6) is 0 Å². The number of benzene rings is 2. The molecule has 0 bridgehead atoms. The Morgan fingerprint density at radius 2 is 2.05 bits per heavy atom. The molecule has 37 heavy (non-hydrogen) atoms. The minimum atomic E-state index is -0.500. The monoisotopic (exact) mass is 501 g/mol. The Balaban J connectivity index is 1.14. The van der Waals surface area contributed by atoms with Crippen LogP contribution in [0.4, 0.5) is 4.39 Å². The molecule has 9 nitrogen and oxygen atoms in total. The number of rotatable bonds is 3. The van der Waals surface area contributed by atoms with Gasteiger partial charge in [0.15, 0.2) is 0 Å². The van der Waals surface area contributed by atoms with Gasteiger partial charge >= 0.3 is 0 Å². The summed E-state index contributed by atoms with van der Waals surface area (Å²) in [4.78, 5) is 18.1. The number of hydrogen-bond acceptors (Lipinski definition) is 7. The average molecular weight is 502 g/mol. The third-order valence-electron chi connectivity index (χ3n) is 8.07. The summed E-state index contributed by atoms with van der Waals surface area (Å²) in [6.45, 7) is 4.99. The largest absolute Gasteiger partial charge is 0.370 e. The molecule has 3 heterocycles. The fourth-order valence-corrected chi connectivity index (χ4v) is 6.05. The Labute approximate surface area is 214 Å². The van der Waals surface area contributed by atoms with Crippen molar-refractivity contribution in [2.24, 2.45) is 0 Å². The van der Waals surface area contributed by atoms with Gasteiger partial charge in [0.1, 0.15) is 18.2 Å². The van der Waals surface area contributed by atoms with Gasteiger partial charge in [-0.05, 0) is 77.1 Å². The van der Waals surface area contributed by atoms with Crippen LogP contribution in [-0.2, 0) is 16.0 Å². The van der Waals surface area contributed by atoms with Crippen LogP contribution in [-0.4, -0.2) is 74.7 Å². The first-order chi connectivity index (χ1) is 18.0. The number of nitrogens with zero attached hydrogens (tertiary/aromatic N) is 7. The second-order valence-corrected chi connectivity index (χ2v) is 10.1. The molecule has 2 fully saturated rings. The molecular formula is C27H28FN7O2. The summed E-state index contributed by atoms with van der Waals surface area (Å²) in [7, 11) is 0. The van der Waals surface area contributed by atoms with Gasteiger partial charge in [0.2, 0.25) is 5.91 Å². The Bertz CT molecular complexity index is 1370. The second-order valence-electron chi connectivity index (χ2n) is 10.1. The summed E-state index contributed by atoms with van der Waals surface area (Å²) in [6.07, 6.45) is 4.12. The van der Waals surface area contributed by atoms with Crippen LogP contribution in [0.1, 0.15) is 52.7 Å². The van der Waals surface area contributed by atoms with E-state index in [1.165, 1.54) is 11.6 Å². The number of nitriles is 1. The molecule has 2 aromatic carbocycles. The number of aromatic nitrogens is 4. The van der Waals surface area contributed by atoms with Crippen molar-refractivity contribution in [1.82, 2.24) is 30.0 Å². The fourth-order valence-electron chi connectivity index (χ4n) is 6.05. The molecule has 1 aromatic heterocycles. The molecule has 2 aliphatic heterocycles. The molecule has 1 aliphatic carbocycles. The lowest BCUT2D eigenvalue weighted by atomic mass is 9.81. The van der Waals surface area contributed by atoms with Crippen LogP contribution in [0.25, 0.3) is 5.69 Å². The van der Waals surface area contributed by atoms with Crippen molar-refractivity contribution in [2.45, 2.75) is 44.2 Å². The smallest absolute Gasteiger partial charge is 0.230 e. The van der Waals surface area contributed by atoms with Gasteiger partial charge in [0.25, 0.3) is 0 Å². The van der Waals surface area contributed by atoms with E-state index in [-0.39, 0.29) is 29.5 Å². The molecule has 0 saturated carbocycles. The minimum Gasteiger partial charge on any atom is -0.370 e. The zero-order valence-corrected chi connectivity index (χ0v) is 20.7. The maximum atomic E-state index is 14.0. The highest BCUT2D eigenvalue weighted by Gasteiger charge is 2.38. The maximum absolute atomic E-state index is 14.0. The normalized spacial score (nSPS) is 23.7. The lowest BCUT2D eigenvalue weighted by molar-refractivity contribution is -0.142. The number of morpholine rings is 1. The maximum Gasteiger partial charge on any atom is 0.230 e. The SMILES string of the molecule is Cc1c([C@@H]2CN3CCN(C(=O)C4CCCc5cc(-n6cnnn6)ccc54)C[C@@H]3CO2)ccc(F)c1C#N. The molecule has 2 saturated heterocycles. The zero-order chi connectivity index (χ0) is 25.5. The number of halogens is 1. The van der Waals surface area contributed by atoms with E-state index < -0.39 is 5.82 Å². The highest BCUT2D eigenvalue weighted by molar-refractivity contribution is 5.84. The van der Waals surface area contributed by atoms with E-state index in [4.69, 9.17) is 4.74 Å². The first-order valence-corrected chi connectivity index (χ1v) is 12.7. The minimum absolute atomic E-state index is 0.0801. The number of hydrogen-bond donors (Lipinski definition) is 0. The lowest BCUT2D eigenvalue weighted by Gasteiger charge is -2.47. The molecule has 1 unspecified atom stereocenters. The van der Waals surface area contributed by atoms with E-state index in [2.05, 4.69) is 32.6 Å². The third-order valence-corrected chi connectivity index (χ3v) is 8.07. The number of amides is 1. The molecule has 10 heteroatoms. The Kier molecular flexibility index (Phi) is 6.18. The molecular weight excluding hydrogens is 473 g/mol. The van der Waals surface area contributed by atoms with Gasteiger partial charge in [0, 0.05) is 26.2 Å². The van der Waals surface area contributed by atoms with Crippen LogP contribution >= 0.6 is 0 Å². The molecule has 3 atom stereocenters. The Morgan fingerprint density at radius 3 is 2.86 bits per heavy atom. The van der Waals surface area contributed by atoms with E-state index in [1.807, 2.05) is 17.0 Å². The summed E-state index contributed by atoms with van der Waals surface area (Å²) in [5.41, 5.74) is 4.77. The van der Waals surface area contributed by atoms with Crippen molar-refractivity contribution in [2.75, 3.05) is 32.8 Å². The summed E-state index contributed by atoms with van der Waals surface area (Å²) < 4.78 is 21.8.